The first kappa shape index (κ1) is 29.2. The third kappa shape index (κ3) is 12.0. The minimum Gasteiger partial charge on any atom is -0.493 e. The van der Waals surface area contributed by atoms with Crippen molar-refractivity contribution in [2.75, 3.05) is 11.9 Å². The molecule has 2 rings (SSSR count). The maximum Gasteiger partial charge on any atom is 0.123 e. The second kappa shape index (κ2) is 16.6. The zero-order chi connectivity index (χ0) is 25.4. The highest BCUT2D eigenvalue weighted by atomic mass is 16.5. The Hall–Kier alpha value is -2.00. The molecule has 196 valence electrons. The van der Waals surface area contributed by atoms with Gasteiger partial charge in [-0.3, -0.25) is 0 Å². The van der Waals surface area contributed by atoms with Crippen LogP contribution in [0.2, 0.25) is 0 Å². The number of ether oxygens (including phenoxy) is 1. The van der Waals surface area contributed by atoms with Crippen LogP contribution in [-0.2, 0) is 18.6 Å². The molecular weight excluding hydrogens is 430 g/mol. The van der Waals surface area contributed by atoms with Gasteiger partial charge >= 0.3 is 0 Å². The van der Waals surface area contributed by atoms with E-state index in [1.807, 2.05) is 24.3 Å². The summed E-state index contributed by atoms with van der Waals surface area (Å²) in [6.07, 6.45) is 16.3. The number of benzene rings is 2. The molecule has 0 fully saturated rings. The smallest absolute Gasteiger partial charge is 0.123 e. The molecule has 0 unspecified atom stereocenters. The van der Waals surface area contributed by atoms with Gasteiger partial charge in [0.1, 0.15) is 5.75 Å². The molecule has 0 spiro atoms. The van der Waals surface area contributed by atoms with E-state index in [0.717, 1.165) is 36.6 Å². The maximum atomic E-state index is 9.35. The molecule has 3 nitrogen and oxygen atoms in total. The number of hydrogen-bond acceptors (Lipinski definition) is 3. The van der Waals surface area contributed by atoms with Crippen molar-refractivity contribution in [3.05, 3.63) is 59.2 Å². The zero-order valence-corrected chi connectivity index (χ0v) is 23.0. The summed E-state index contributed by atoms with van der Waals surface area (Å²) < 4.78 is 6.26. The Labute approximate surface area is 215 Å². The van der Waals surface area contributed by atoms with Crippen molar-refractivity contribution in [1.82, 2.24) is 0 Å². The van der Waals surface area contributed by atoms with E-state index in [0.29, 0.717) is 0 Å². The summed E-state index contributed by atoms with van der Waals surface area (Å²) in [5.41, 5.74) is 4.48. The number of hydrogen-bond donors (Lipinski definition) is 2. The average Bonchev–Trinajstić information content (AvgIpc) is 2.85. The average molecular weight is 482 g/mol. The number of rotatable bonds is 18. The predicted octanol–water partition coefficient (Wildman–Crippen LogP) is 9.17. The molecule has 0 atom stereocenters. The minimum absolute atomic E-state index is 0.0265. The molecule has 0 aliphatic rings. The van der Waals surface area contributed by atoms with Crippen molar-refractivity contribution < 1.29 is 9.84 Å². The molecule has 0 aromatic heterocycles. The molecule has 0 saturated carbocycles. The molecular formula is C32H51NO2. The van der Waals surface area contributed by atoms with Gasteiger partial charge in [-0.25, -0.2) is 0 Å². The first-order chi connectivity index (χ1) is 16.9. The molecule has 2 aromatic carbocycles. The highest BCUT2D eigenvalue weighted by Crippen LogP contribution is 2.32. The monoisotopic (exact) mass is 481 g/mol. The van der Waals surface area contributed by atoms with Crippen LogP contribution in [0.5, 0.6) is 5.75 Å². The van der Waals surface area contributed by atoms with E-state index < -0.39 is 0 Å². The molecule has 2 N–H and O–H groups in total. The summed E-state index contributed by atoms with van der Waals surface area (Å²) in [6, 6.07) is 14.5. The number of unbranched alkanes of at least 4 members (excludes halogenated alkanes) is 11. The quantitative estimate of drug-likeness (QED) is 0.208. The van der Waals surface area contributed by atoms with Crippen molar-refractivity contribution in [1.29, 1.82) is 0 Å². The van der Waals surface area contributed by atoms with Gasteiger partial charge in [-0.2, -0.15) is 0 Å². The molecule has 0 bridgehead atoms. The van der Waals surface area contributed by atoms with Gasteiger partial charge in [0.05, 0.1) is 13.2 Å². The van der Waals surface area contributed by atoms with Crippen LogP contribution in [0.1, 0.15) is 121 Å². The van der Waals surface area contributed by atoms with E-state index in [1.165, 1.54) is 81.8 Å². The fourth-order valence-corrected chi connectivity index (χ4v) is 4.51. The molecule has 0 aliphatic carbocycles. The Morgan fingerprint density at radius 3 is 1.97 bits per heavy atom. The molecule has 2 aromatic rings. The van der Waals surface area contributed by atoms with E-state index in [2.05, 4.69) is 51.2 Å². The van der Waals surface area contributed by atoms with Gasteiger partial charge < -0.3 is 15.2 Å². The number of aliphatic hydroxyl groups excluding tert-OH is 1. The van der Waals surface area contributed by atoms with Crippen molar-refractivity contribution in [2.24, 2.45) is 0 Å². The molecule has 35 heavy (non-hydrogen) atoms. The number of aliphatic hydroxyl groups is 1. The van der Waals surface area contributed by atoms with Crippen molar-refractivity contribution in [3.8, 4) is 5.75 Å². The van der Waals surface area contributed by atoms with Gasteiger partial charge in [0.2, 0.25) is 0 Å². The van der Waals surface area contributed by atoms with Crippen LogP contribution in [-0.4, -0.2) is 11.7 Å². The fraction of sp³-hybridized carbons (Fsp3) is 0.625. The summed E-state index contributed by atoms with van der Waals surface area (Å²) in [4.78, 5) is 0. The highest BCUT2D eigenvalue weighted by molar-refractivity contribution is 5.47. The highest BCUT2D eigenvalue weighted by Gasteiger charge is 2.19. The molecule has 3 heteroatoms. The second-order valence-electron chi connectivity index (χ2n) is 11.0. The third-order valence-corrected chi connectivity index (χ3v) is 6.71. The van der Waals surface area contributed by atoms with Crippen LogP contribution < -0.4 is 10.1 Å². The first-order valence-corrected chi connectivity index (χ1v) is 14.1. The Bertz CT molecular complexity index is 825. The molecule has 0 amide bonds. The van der Waals surface area contributed by atoms with Crippen LogP contribution in [0.15, 0.2) is 42.5 Å². The summed E-state index contributed by atoms with van der Waals surface area (Å²) in [6.45, 7) is 10.6. The Balaban J connectivity index is 1.70. The van der Waals surface area contributed by atoms with Gasteiger partial charge in [-0.1, -0.05) is 117 Å². The van der Waals surface area contributed by atoms with E-state index in [4.69, 9.17) is 4.74 Å². The Morgan fingerprint density at radius 2 is 1.37 bits per heavy atom. The Kier molecular flexibility index (Phi) is 13.9. The van der Waals surface area contributed by atoms with E-state index in [9.17, 15) is 5.11 Å². The van der Waals surface area contributed by atoms with Crippen molar-refractivity contribution >= 4 is 5.69 Å². The summed E-state index contributed by atoms with van der Waals surface area (Å²) >= 11 is 0. The van der Waals surface area contributed by atoms with Crippen molar-refractivity contribution in [3.63, 3.8) is 0 Å². The Morgan fingerprint density at radius 1 is 0.743 bits per heavy atom. The largest absolute Gasteiger partial charge is 0.493 e. The number of anilines is 1. The van der Waals surface area contributed by atoms with E-state index >= 15 is 0 Å². The topological polar surface area (TPSA) is 41.5 Å². The van der Waals surface area contributed by atoms with E-state index in [-0.39, 0.29) is 12.0 Å². The van der Waals surface area contributed by atoms with Crippen LogP contribution in [0.25, 0.3) is 0 Å². The summed E-state index contributed by atoms with van der Waals surface area (Å²) in [5.74, 6) is 1.02. The minimum atomic E-state index is 0.0265. The summed E-state index contributed by atoms with van der Waals surface area (Å²) in [7, 11) is 0. The van der Waals surface area contributed by atoms with Crippen LogP contribution in [0.4, 0.5) is 5.69 Å². The van der Waals surface area contributed by atoms with Gasteiger partial charge in [0.25, 0.3) is 0 Å². The lowest BCUT2D eigenvalue weighted by atomic mass is 9.85. The molecule has 0 heterocycles. The number of nitrogens with one attached hydrogen (secondary N) is 1. The van der Waals surface area contributed by atoms with Crippen molar-refractivity contribution in [2.45, 2.75) is 123 Å². The van der Waals surface area contributed by atoms with Crippen LogP contribution >= 0.6 is 0 Å². The fourth-order valence-electron chi connectivity index (χ4n) is 4.51. The predicted molar refractivity (Wildman–Crippen MR) is 151 cm³/mol. The SMILES string of the molecule is CCCCCCCCCCCCCCOc1ccc(CNc2cccc(CO)c2)cc1C(C)(C)C. The lowest BCUT2D eigenvalue weighted by Gasteiger charge is -2.24. The van der Waals surface area contributed by atoms with Gasteiger partial charge in [-0.05, 0) is 52.8 Å². The maximum absolute atomic E-state index is 9.35. The van der Waals surface area contributed by atoms with Crippen LogP contribution in [0, 0.1) is 0 Å². The lowest BCUT2D eigenvalue weighted by Crippen LogP contribution is -2.15. The third-order valence-electron chi connectivity index (χ3n) is 6.71. The zero-order valence-electron chi connectivity index (χ0n) is 23.0. The first-order valence-electron chi connectivity index (χ1n) is 14.1. The molecule has 0 aliphatic heterocycles. The van der Waals surface area contributed by atoms with Gasteiger partial charge in [0, 0.05) is 12.2 Å². The van der Waals surface area contributed by atoms with Gasteiger partial charge in [0.15, 0.2) is 0 Å². The van der Waals surface area contributed by atoms with Gasteiger partial charge in [-0.15, -0.1) is 0 Å². The normalized spacial score (nSPS) is 11.6. The lowest BCUT2D eigenvalue weighted by molar-refractivity contribution is 0.282. The van der Waals surface area contributed by atoms with E-state index in [1.54, 1.807) is 0 Å². The standard InChI is InChI=1S/C32H51NO2/c1-5-6-7-8-9-10-11-12-13-14-15-16-22-35-31-21-20-27(24-30(31)32(2,3)4)25-33-29-19-17-18-28(23-29)26-34/h17-21,23-24,33-34H,5-16,22,25-26H2,1-4H3. The molecule has 0 saturated heterocycles. The molecule has 0 radical (unpaired) electrons. The van der Waals surface area contributed by atoms with Crippen LogP contribution in [0.3, 0.4) is 0 Å². The second-order valence-corrected chi connectivity index (χ2v) is 11.0. The summed E-state index contributed by atoms with van der Waals surface area (Å²) in [5, 5.41) is 12.8.